The average Bonchev–Trinajstić information content (AvgIpc) is 2.20. The van der Waals surface area contributed by atoms with Crippen molar-refractivity contribution in [1.29, 1.82) is 5.41 Å². The van der Waals surface area contributed by atoms with Gasteiger partial charge < -0.3 is 5.41 Å². The topological polar surface area (TPSA) is 23.9 Å². The molecule has 0 saturated heterocycles. The molecule has 1 heteroatoms. The highest BCUT2D eigenvalue weighted by atomic mass is 14.4. The van der Waals surface area contributed by atoms with Gasteiger partial charge in [-0.15, -0.1) is 0 Å². The van der Waals surface area contributed by atoms with Crippen LogP contribution in [0.2, 0.25) is 0 Å². The van der Waals surface area contributed by atoms with Gasteiger partial charge in [-0.05, 0) is 24.5 Å². The Hall–Kier alpha value is -0.850. The molecule has 0 unspecified atom stereocenters. The van der Waals surface area contributed by atoms with E-state index in [0.29, 0.717) is 0 Å². The summed E-state index contributed by atoms with van der Waals surface area (Å²) in [6.07, 6.45) is 7.88. The fraction of sp³-hybridized carbons (Fsp3) is 0.615. The van der Waals surface area contributed by atoms with Crippen molar-refractivity contribution < 1.29 is 0 Å². The molecule has 0 amide bonds. The highest BCUT2D eigenvalue weighted by Gasteiger charge is 1.93. The van der Waals surface area contributed by atoms with Crippen LogP contribution in [0.1, 0.15) is 53.4 Å². The van der Waals surface area contributed by atoms with Crippen LogP contribution >= 0.6 is 0 Å². The summed E-state index contributed by atoms with van der Waals surface area (Å²) in [5.41, 5.74) is 1.91. The van der Waals surface area contributed by atoms with Crippen molar-refractivity contribution in [3.8, 4) is 0 Å². The fourth-order valence-electron chi connectivity index (χ4n) is 1.09. The van der Waals surface area contributed by atoms with Crippen LogP contribution in [0.4, 0.5) is 0 Å². The monoisotopic (exact) mass is 195 g/mol. The summed E-state index contributed by atoms with van der Waals surface area (Å²) < 4.78 is 0. The molecular weight excluding hydrogens is 170 g/mol. The van der Waals surface area contributed by atoms with Crippen molar-refractivity contribution in [2.24, 2.45) is 0 Å². The Labute approximate surface area is 89.4 Å². The van der Waals surface area contributed by atoms with E-state index in [4.69, 9.17) is 5.41 Å². The summed E-state index contributed by atoms with van der Waals surface area (Å²) in [5, 5.41) is 7.58. The molecule has 0 rings (SSSR count). The molecule has 82 valence electrons. The second-order valence-electron chi connectivity index (χ2n) is 2.95. The molecule has 0 heterocycles. The van der Waals surface area contributed by atoms with E-state index >= 15 is 0 Å². The van der Waals surface area contributed by atoms with Crippen LogP contribution < -0.4 is 0 Å². The van der Waals surface area contributed by atoms with Crippen LogP contribution in [0, 0.1) is 5.41 Å². The molecule has 1 nitrogen and oxygen atoms in total. The molecule has 0 radical (unpaired) electrons. The maximum absolute atomic E-state index is 7.58. The van der Waals surface area contributed by atoms with Gasteiger partial charge >= 0.3 is 0 Å². The molecular formula is C13H25N. The number of nitrogens with one attached hydrogen (secondary N) is 1. The van der Waals surface area contributed by atoms with Crippen molar-refractivity contribution >= 4 is 5.71 Å². The minimum Gasteiger partial charge on any atom is -0.305 e. The molecule has 0 aliphatic rings. The van der Waals surface area contributed by atoms with E-state index in [1.807, 2.05) is 26.0 Å². The van der Waals surface area contributed by atoms with E-state index in [-0.39, 0.29) is 0 Å². The standard InChI is InChI=1S/C11H19N.C2H6/c1-4-7-10(6-3)9-11(12)8-5-2;1-2/h6,9,12H,3-5,7-8H2,1-2H3;1-2H3/b10-9+,12-11?;. The Balaban J connectivity index is 0. The van der Waals surface area contributed by atoms with Crippen LogP contribution in [0.15, 0.2) is 24.3 Å². The quantitative estimate of drug-likeness (QED) is 0.467. The van der Waals surface area contributed by atoms with Gasteiger partial charge in [0, 0.05) is 5.71 Å². The molecule has 14 heavy (non-hydrogen) atoms. The van der Waals surface area contributed by atoms with E-state index in [1.165, 1.54) is 5.57 Å². The lowest BCUT2D eigenvalue weighted by Gasteiger charge is -1.99. The zero-order valence-electron chi connectivity index (χ0n) is 10.2. The smallest absolute Gasteiger partial charge is 0.0316 e. The second-order valence-corrected chi connectivity index (χ2v) is 2.95. The number of rotatable bonds is 6. The maximum Gasteiger partial charge on any atom is 0.0316 e. The molecule has 0 aliphatic heterocycles. The second kappa shape index (κ2) is 12.2. The third-order valence-electron chi connectivity index (χ3n) is 1.68. The third-order valence-corrected chi connectivity index (χ3v) is 1.68. The molecule has 0 aromatic carbocycles. The first-order valence-corrected chi connectivity index (χ1v) is 5.65. The largest absolute Gasteiger partial charge is 0.305 e. The molecule has 0 fully saturated rings. The summed E-state index contributed by atoms with van der Waals surface area (Å²) in [6.45, 7) is 12.0. The van der Waals surface area contributed by atoms with E-state index in [2.05, 4.69) is 20.4 Å². The lowest BCUT2D eigenvalue weighted by atomic mass is 10.1. The molecule has 0 aromatic rings. The van der Waals surface area contributed by atoms with E-state index < -0.39 is 0 Å². The van der Waals surface area contributed by atoms with Gasteiger partial charge in [0.1, 0.15) is 0 Å². The van der Waals surface area contributed by atoms with Crippen LogP contribution in [0.3, 0.4) is 0 Å². The number of hydrogen-bond acceptors (Lipinski definition) is 1. The van der Waals surface area contributed by atoms with Gasteiger partial charge in [0.2, 0.25) is 0 Å². The minimum atomic E-state index is 0.723. The molecule has 0 bridgehead atoms. The van der Waals surface area contributed by atoms with Gasteiger partial charge in [-0.25, -0.2) is 0 Å². The average molecular weight is 195 g/mol. The van der Waals surface area contributed by atoms with Crippen LogP contribution in [0.25, 0.3) is 0 Å². The van der Waals surface area contributed by atoms with E-state index in [0.717, 1.165) is 31.4 Å². The lowest BCUT2D eigenvalue weighted by Crippen LogP contribution is -1.91. The van der Waals surface area contributed by atoms with Crippen LogP contribution in [0.5, 0.6) is 0 Å². The predicted molar refractivity (Wildman–Crippen MR) is 67.2 cm³/mol. The first-order valence-electron chi connectivity index (χ1n) is 5.65. The van der Waals surface area contributed by atoms with Crippen LogP contribution in [-0.2, 0) is 0 Å². The fourth-order valence-corrected chi connectivity index (χ4v) is 1.09. The zero-order valence-corrected chi connectivity index (χ0v) is 10.2. The molecule has 0 aromatic heterocycles. The molecule has 1 N–H and O–H groups in total. The zero-order chi connectivity index (χ0) is 11.4. The highest BCUT2D eigenvalue weighted by Crippen LogP contribution is 2.06. The Kier molecular flexibility index (Phi) is 13.6. The van der Waals surface area contributed by atoms with Gasteiger partial charge in [0.15, 0.2) is 0 Å². The Bertz CT molecular complexity index is 178. The molecule has 0 spiro atoms. The SMILES string of the molecule is C=C/C(=C\C(=N)CCC)CCC.CC. The summed E-state index contributed by atoms with van der Waals surface area (Å²) in [4.78, 5) is 0. The minimum absolute atomic E-state index is 0.723. The molecule has 0 atom stereocenters. The Morgan fingerprint density at radius 2 is 1.64 bits per heavy atom. The normalized spacial score (nSPS) is 10.1. The van der Waals surface area contributed by atoms with Gasteiger partial charge in [-0.1, -0.05) is 53.2 Å². The summed E-state index contributed by atoms with van der Waals surface area (Å²) in [5.74, 6) is 0. The van der Waals surface area contributed by atoms with Crippen molar-refractivity contribution in [2.75, 3.05) is 0 Å². The summed E-state index contributed by atoms with van der Waals surface area (Å²) in [6, 6.07) is 0. The molecule has 0 saturated carbocycles. The number of hydrogen-bond donors (Lipinski definition) is 1. The molecule has 0 aliphatic carbocycles. The van der Waals surface area contributed by atoms with E-state index in [9.17, 15) is 0 Å². The van der Waals surface area contributed by atoms with Gasteiger partial charge in [-0.3, -0.25) is 0 Å². The van der Waals surface area contributed by atoms with Crippen LogP contribution in [-0.4, -0.2) is 5.71 Å². The Morgan fingerprint density at radius 1 is 1.14 bits per heavy atom. The van der Waals surface area contributed by atoms with Gasteiger partial charge in [-0.2, -0.15) is 0 Å². The first-order chi connectivity index (χ1) is 6.74. The van der Waals surface area contributed by atoms with Crippen molar-refractivity contribution in [3.63, 3.8) is 0 Å². The van der Waals surface area contributed by atoms with Gasteiger partial charge in [0.05, 0.1) is 0 Å². The number of allylic oxidation sites excluding steroid dienone is 3. The van der Waals surface area contributed by atoms with Gasteiger partial charge in [0.25, 0.3) is 0 Å². The first kappa shape index (κ1) is 15.6. The van der Waals surface area contributed by atoms with Crippen molar-refractivity contribution in [1.82, 2.24) is 0 Å². The van der Waals surface area contributed by atoms with Crippen molar-refractivity contribution in [3.05, 3.63) is 24.3 Å². The predicted octanol–water partition coefficient (Wildman–Crippen LogP) is 4.74. The van der Waals surface area contributed by atoms with E-state index in [1.54, 1.807) is 0 Å². The summed E-state index contributed by atoms with van der Waals surface area (Å²) in [7, 11) is 0. The summed E-state index contributed by atoms with van der Waals surface area (Å²) >= 11 is 0. The lowest BCUT2D eigenvalue weighted by molar-refractivity contribution is 0.925. The van der Waals surface area contributed by atoms with Crippen molar-refractivity contribution in [2.45, 2.75) is 53.4 Å². The maximum atomic E-state index is 7.58. The Morgan fingerprint density at radius 3 is 2.00 bits per heavy atom. The highest BCUT2D eigenvalue weighted by molar-refractivity contribution is 5.93. The third kappa shape index (κ3) is 9.24.